The summed E-state index contributed by atoms with van der Waals surface area (Å²) in [6.45, 7) is 1.10. The van der Waals surface area contributed by atoms with Gasteiger partial charge in [-0.1, -0.05) is 30.3 Å². The smallest absolute Gasteiger partial charge is 0.223 e. The maximum absolute atomic E-state index is 11.9. The van der Waals surface area contributed by atoms with Gasteiger partial charge >= 0.3 is 0 Å². The minimum atomic E-state index is -0.630. The summed E-state index contributed by atoms with van der Waals surface area (Å²) in [5.74, 6) is -0.286. The fraction of sp³-hybridized carbons (Fsp3) is 0.500. The zero-order chi connectivity index (χ0) is 15.1. The molecule has 0 aromatic heterocycles. The summed E-state index contributed by atoms with van der Waals surface area (Å²) in [7, 11) is 0. The fourth-order valence-corrected chi connectivity index (χ4v) is 2.45. The molecule has 1 saturated heterocycles. The van der Waals surface area contributed by atoms with Crippen molar-refractivity contribution in [3.63, 3.8) is 0 Å². The van der Waals surface area contributed by atoms with Gasteiger partial charge in [-0.15, -0.1) is 12.4 Å². The summed E-state index contributed by atoms with van der Waals surface area (Å²) >= 11 is 0. The van der Waals surface area contributed by atoms with Gasteiger partial charge in [-0.05, 0) is 24.8 Å². The van der Waals surface area contributed by atoms with E-state index in [1.54, 1.807) is 0 Å². The molecule has 22 heavy (non-hydrogen) atoms. The molecule has 1 amide bonds. The predicted octanol–water partition coefficient (Wildman–Crippen LogP) is 1.44. The second kappa shape index (κ2) is 9.56. The number of benzene rings is 1. The Labute approximate surface area is 137 Å². The zero-order valence-electron chi connectivity index (χ0n) is 12.5. The molecule has 5 nitrogen and oxygen atoms in total. The van der Waals surface area contributed by atoms with Crippen LogP contribution < -0.4 is 11.1 Å². The van der Waals surface area contributed by atoms with Gasteiger partial charge in [-0.3, -0.25) is 9.59 Å². The highest BCUT2D eigenvalue weighted by molar-refractivity contribution is 5.86. The molecule has 0 radical (unpaired) electrons. The Bertz CT molecular complexity index is 482. The van der Waals surface area contributed by atoms with Gasteiger partial charge in [0.25, 0.3) is 0 Å². The molecule has 0 spiro atoms. The number of amides is 1. The van der Waals surface area contributed by atoms with Crippen LogP contribution in [0.2, 0.25) is 0 Å². The minimum Gasteiger partial charge on any atom is -0.369 e. The van der Waals surface area contributed by atoms with E-state index in [0.717, 1.165) is 24.9 Å². The Kier molecular flexibility index (Phi) is 8.09. The van der Waals surface area contributed by atoms with Crippen molar-refractivity contribution < 1.29 is 14.3 Å². The standard InChI is InChI=1S/C16H22N2O3.ClH/c17-14(9-13-7-4-8-18-16(13)20)15(19)11-21-10-12-5-2-1-3-6-12;/h1-3,5-6,13-14H,4,7-11,17H2,(H,18,20);1H/t13-,14?;/m0./s1. The number of hydrogen-bond donors (Lipinski definition) is 2. The summed E-state index contributed by atoms with van der Waals surface area (Å²) in [5.41, 5.74) is 6.90. The number of rotatable bonds is 7. The molecule has 1 aromatic rings. The summed E-state index contributed by atoms with van der Waals surface area (Å²) in [5, 5.41) is 2.80. The monoisotopic (exact) mass is 326 g/mol. The molecule has 6 heteroatoms. The normalized spacial score (nSPS) is 19.0. The van der Waals surface area contributed by atoms with Crippen LogP contribution in [0.25, 0.3) is 0 Å². The molecule has 2 rings (SSSR count). The lowest BCUT2D eigenvalue weighted by atomic mass is 9.90. The molecule has 1 fully saturated rings. The second-order valence-electron chi connectivity index (χ2n) is 5.42. The summed E-state index contributed by atoms with van der Waals surface area (Å²) in [6.07, 6.45) is 2.15. The van der Waals surface area contributed by atoms with Crippen LogP contribution in [0.15, 0.2) is 30.3 Å². The van der Waals surface area contributed by atoms with Crippen molar-refractivity contribution in [3.8, 4) is 0 Å². The molecule has 1 heterocycles. The number of ketones is 1. The van der Waals surface area contributed by atoms with E-state index >= 15 is 0 Å². The Morgan fingerprint density at radius 1 is 1.36 bits per heavy atom. The molecule has 1 aliphatic rings. The van der Waals surface area contributed by atoms with Gasteiger partial charge in [0.1, 0.15) is 6.61 Å². The van der Waals surface area contributed by atoms with Gasteiger partial charge in [-0.25, -0.2) is 0 Å². The van der Waals surface area contributed by atoms with E-state index in [1.807, 2.05) is 30.3 Å². The molecular weight excluding hydrogens is 304 g/mol. The Balaban J connectivity index is 0.00000242. The number of carbonyl (C=O) groups excluding carboxylic acids is 2. The van der Waals surface area contributed by atoms with Gasteiger partial charge in [-0.2, -0.15) is 0 Å². The summed E-state index contributed by atoms with van der Waals surface area (Å²) < 4.78 is 5.39. The molecular formula is C16H23ClN2O3. The van der Waals surface area contributed by atoms with Crippen molar-refractivity contribution >= 4 is 24.1 Å². The molecule has 0 saturated carbocycles. The zero-order valence-corrected chi connectivity index (χ0v) is 13.3. The molecule has 1 aromatic carbocycles. The molecule has 1 aliphatic heterocycles. The van der Waals surface area contributed by atoms with E-state index in [-0.39, 0.29) is 36.6 Å². The van der Waals surface area contributed by atoms with Crippen LogP contribution in [-0.4, -0.2) is 30.9 Å². The van der Waals surface area contributed by atoms with E-state index in [9.17, 15) is 9.59 Å². The third-order valence-electron chi connectivity index (χ3n) is 3.71. The second-order valence-corrected chi connectivity index (χ2v) is 5.42. The average Bonchev–Trinajstić information content (AvgIpc) is 2.50. The molecule has 0 aliphatic carbocycles. The van der Waals surface area contributed by atoms with Gasteiger partial charge in [0.05, 0.1) is 12.6 Å². The topological polar surface area (TPSA) is 81.4 Å². The maximum Gasteiger partial charge on any atom is 0.223 e. The lowest BCUT2D eigenvalue weighted by Crippen LogP contribution is -2.42. The number of ether oxygens (including phenoxy) is 1. The van der Waals surface area contributed by atoms with Crippen LogP contribution in [0.3, 0.4) is 0 Å². The van der Waals surface area contributed by atoms with Crippen molar-refractivity contribution in [3.05, 3.63) is 35.9 Å². The molecule has 1 unspecified atom stereocenters. The predicted molar refractivity (Wildman–Crippen MR) is 86.7 cm³/mol. The van der Waals surface area contributed by atoms with Crippen molar-refractivity contribution in [1.82, 2.24) is 5.32 Å². The van der Waals surface area contributed by atoms with E-state index in [4.69, 9.17) is 10.5 Å². The lowest BCUT2D eigenvalue weighted by Gasteiger charge is -2.23. The number of nitrogens with one attached hydrogen (secondary N) is 1. The highest BCUT2D eigenvalue weighted by atomic mass is 35.5. The minimum absolute atomic E-state index is 0. The van der Waals surface area contributed by atoms with Crippen molar-refractivity contribution in [2.75, 3.05) is 13.2 Å². The van der Waals surface area contributed by atoms with Crippen LogP contribution in [0.1, 0.15) is 24.8 Å². The first-order valence-electron chi connectivity index (χ1n) is 7.34. The maximum atomic E-state index is 11.9. The largest absolute Gasteiger partial charge is 0.369 e. The van der Waals surface area contributed by atoms with Crippen LogP contribution in [0.5, 0.6) is 0 Å². The van der Waals surface area contributed by atoms with E-state index in [0.29, 0.717) is 13.0 Å². The fourth-order valence-electron chi connectivity index (χ4n) is 2.45. The van der Waals surface area contributed by atoms with Gasteiger partial charge < -0.3 is 15.8 Å². The average molecular weight is 327 g/mol. The molecule has 2 atom stereocenters. The number of nitrogens with two attached hydrogens (primary N) is 1. The number of hydrogen-bond acceptors (Lipinski definition) is 4. The number of carbonyl (C=O) groups is 2. The number of Topliss-reactive ketones (excluding diaryl/α,β-unsaturated/α-hetero) is 1. The first-order chi connectivity index (χ1) is 10.2. The van der Waals surface area contributed by atoms with E-state index in [2.05, 4.69) is 5.32 Å². The summed E-state index contributed by atoms with van der Waals surface area (Å²) in [6, 6.07) is 9.03. The van der Waals surface area contributed by atoms with Crippen LogP contribution >= 0.6 is 12.4 Å². The molecule has 0 bridgehead atoms. The van der Waals surface area contributed by atoms with E-state index in [1.165, 1.54) is 0 Å². The van der Waals surface area contributed by atoms with Gasteiger partial charge in [0, 0.05) is 12.5 Å². The molecule has 3 N–H and O–H groups in total. The first-order valence-corrected chi connectivity index (χ1v) is 7.34. The first kappa shape index (κ1) is 18.6. The third kappa shape index (κ3) is 5.75. The van der Waals surface area contributed by atoms with Crippen molar-refractivity contribution in [1.29, 1.82) is 0 Å². The number of piperidine rings is 1. The Morgan fingerprint density at radius 3 is 2.77 bits per heavy atom. The SMILES string of the molecule is Cl.NC(C[C@@H]1CCCNC1=O)C(=O)COCc1ccccc1. The highest BCUT2D eigenvalue weighted by Gasteiger charge is 2.26. The quantitative estimate of drug-likeness (QED) is 0.794. The van der Waals surface area contributed by atoms with Crippen LogP contribution in [0.4, 0.5) is 0 Å². The van der Waals surface area contributed by atoms with Crippen LogP contribution in [-0.2, 0) is 20.9 Å². The van der Waals surface area contributed by atoms with Gasteiger partial charge in [0.2, 0.25) is 5.91 Å². The Hall–Kier alpha value is -1.43. The Morgan fingerprint density at radius 2 is 2.09 bits per heavy atom. The third-order valence-corrected chi connectivity index (χ3v) is 3.71. The van der Waals surface area contributed by atoms with Crippen LogP contribution in [0, 0.1) is 5.92 Å². The van der Waals surface area contributed by atoms with Crippen molar-refractivity contribution in [2.45, 2.75) is 31.9 Å². The highest BCUT2D eigenvalue weighted by Crippen LogP contribution is 2.17. The van der Waals surface area contributed by atoms with Gasteiger partial charge in [0.15, 0.2) is 5.78 Å². The summed E-state index contributed by atoms with van der Waals surface area (Å²) in [4.78, 5) is 23.6. The van der Waals surface area contributed by atoms with E-state index < -0.39 is 6.04 Å². The number of halogens is 1. The molecule has 122 valence electrons. The lowest BCUT2D eigenvalue weighted by molar-refractivity contribution is -0.128. The van der Waals surface area contributed by atoms with Crippen molar-refractivity contribution in [2.24, 2.45) is 11.7 Å².